The summed E-state index contributed by atoms with van der Waals surface area (Å²) in [6, 6.07) is 4.10. The molecule has 1 aliphatic heterocycles. The van der Waals surface area contributed by atoms with Gasteiger partial charge in [0.25, 0.3) is 0 Å². The Labute approximate surface area is 136 Å². The Morgan fingerprint density at radius 3 is 2.52 bits per heavy atom. The van der Waals surface area contributed by atoms with Crippen molar-refractivity contribution in [1.82, 2.24) is 5.43 Å². The lowest BCUT2D eigenvalue weighted by molar-refractivity contribution is -0.473. The molecular formula is C15H19BrN3OS+. The van der Waals surface area contributed by atoms with Crippen molar-refractivity contribution in [2.24, 2.45) is 0 Å². The third-order valence-electron chi connectivity index (χ3n) is 3.24. The van der Waals surface area contributed by atoms with Crippen LogP contribution >= 0.6 is 15.9 Å². The number of benzene rings is 1. The number of halogens is 1. The van der Waals surface area contributed by atoms with E-state index in [1.807, 2.05) is 45.1 Å². The number of hydrazone groups is 1. The molecule has 1 aromatic carbocycles. The molecule has 1 atom stereocenters. The van der Waals surface area contributed by atoms with Gasteiger partial charge in [-0.15, -0.1) is 10.1 Å². The average Bonchev–Trinajstić information content (AvgIpc) is 2.36. The first-order valence-corrected chi connectivity index (χ1v) is 8.77. The van der Waals surface area contributed by atoms with Gasteiger partial charge < -0.3 is 0 Å². The van der Waals surface area contributed by atoms with Crippen molar-refractivity contribution >= 4 is 37.2 Å². The van der Waals surface area contributed by atoms with Crippen molar-refractivity contribution in [3.8, 4) is 0 Å². The minimum Gasteiger partial charge on any atom is -0.252 e. The zero-order chi connectivity index (χ0) is 15.6. The van der Waals surface area contributed by atoms with Crippen molar-refractivity contribution in [2.75, 3.05) is 5.88 Å². The summed E-state index contributed by atoms with van der Waals surface area (Å²) >= 11 is 3.39. The lowest BCUT2D eigenvalue weighted by Gasteiger charge is -2.14. The third-order valence-corrected chi connectivity index (χ3v) is 5.35. The Morgan fingerprint density at radius 1 is 1.33 bits per heavy atom. The van der Waals surface area contributed by atoms with Crippen LogP contribution < -0.4 is 5.43 Å². The fourth-order valence-electron chi connectivity index (χ4n) is 2.45. The molecule has 0 amide bonds. The number of nitrogens with zero attached hydrogens (tertiary/aromatic N) is 1. The summed E-state index contributed by atoms with van der Waals surface area (Å²) in [5.41, 5.74) is 6.33. The number of nitrogens with one attached hydrogen (secondary N) is 2. The van der Waals surface area contributed by atoms with E-state index in [1.165, 1.54) is 5.56 Å². The predicted molar refractivity (Wildman–Crippen MR) is 90.7 cm³/mol. The molecule has 112 valence electrons. The van der Waals surface area contributed by atoms with Crippen molar-refractivity contribution in [3.05, 3.63) is 41.0 Å². The highest BCUT2D eigenvalue weighted by Crippen LogP contribution is 2.20. The number of rotatable bonds is 4. The van der Waals surface area contributed by atoms with Crippen LogP contribution in [-0.4, -0.2) is 25.2 Å². The standard InChI is InChI=1S/C15H19BrN3OS/c1-10-7-11(2)15(12(3)8-10)21(20)9-18-19-13(16)5-4-6-14(19)17/h4-5,7-8,17-18H,6,9H2,1-3H3/q+1. The molecule has 2 N–H and O–H groups in total. The number of hydrogen-bond acceptors (Lipinski definition) is 3. The molecular weight excluding hydrogens is 350 g/mol. The predicted octanol–water partition coefficient (Wildman–Crippen LogP) is 2.92. The van der Waals surface area contributed by atoms with E-state index in [2.05, 4.69) is 21.4 Å². The fraction of sp³-hybridized carbons (Fsp3) is 0.333. The summed E-state index contributed by atoms with van der Waals surface area (Å²) < 4.78 is 14.9. The van der Waals surface area contributed by atoms with E-state index in [0.717, 1.165) is 20.6 Å². The molecule has 0 spiro atoms. The van der Waals surface area contributed by atoms with Crippen LogP contribution in [0.25, 0.3) is 0 Å². The second-order valence-electron chi connectivity index (χ2n) is 5.09. The van der Waals surface area contributed by atoms with Gasteiger partial charge in [0.15, 0.2) is 4.62 Å². The number of allylic oxidation sites excluding steroid dienone is 1. The van der Waals surface area contributed by atoms with Crippen LogP contribution in [0.4, 0.5) is 0 Å². The molecule has 2 rings (SSSR count). The molecule has 1 aromatic rings. The van der Waals surface area contributed by atoms with Crippen LogP contribution in [0.1, 0.15) is 23.1 Å². The molecule has 1 unspecified atom stereocenters. The molecule has 0 saturated carbocycles. The summed E-state index contributed by atoms with van der Waals surface area (Å²) in [4.78, 5) is 0.878. The molecule has 0 bridgehead atoms. The van der Waals surface area contributed by atoms with Gasteiger partial charge in [-0.3, -0.25) is 4.21 Å². The summed E-state index contributed by atoms with van der Waals surface area (Å²) in [6.45, 7) is 6.01. The smallest absolute Gasteiger partial charge is 0.252 e. The van der Waals surface area contributed by atoms with E-state index in [1.54, 1.807) is 4.68 Å². The highest BCUT2D eigenvalue weighted by atomic mass is 79.9. The van der Waals surface area contributed by atoms with Crippen LogP contribution in [0, 0.1) is 26.2 Å². The topological polar surface area (TPSA) is 56.0 Å². The Bertz CT molecular complexity index is 656. The van der Waals surface area contributed by atoms with Crippen molar-refractivity contribution in [2.45, 2.75) is 32.1 Å². The monoisotopic (exact) mass is 368 g/mol. The highest BCUT2D eigenvalue weighted by molar-refractivity contribution is 9.18. The van der Waals surface area contributed by atoms with E-state index in [-0.39, 0.29) is 5.88 Å². The molecule has 0 fully saturated rings. The van der Waals surface area contributed by atoms with Crippen LogP contribution in [-0.2, 0) is 10.8 Å². The van der Waals surface area contributed by atoms with Gasteiger partial charge in [-0.1, -0.05) is 23.8 Å². The maximum absolute atomic E-state index is 12.6. The first-order chi connectivity index (χ1) is 9.90. The van der Waals surface area contributed by atoms with Gasteiger partial charge in [-0.05, 0) is 53.9 Å². The van der Waals surface area contributed by atoms with Crippen molar-refractivity contribution in [1.29, 1.82) is 5.41 Å². The second kappa shape index (κ2) is 6.66. The Morgan fingerprint density at radius 2 is 1.95 bits per heavy atom. The largest absolute Gasteiger partial charge is 0.317 e. The lowest BCUT2D eigenvalue weighted by Crippen LogP contribution is -2.39. The van der Waals surface area contributed by atoms with Gasteiger partial charge in [-0.2, -0.15) is 0 Å². The highest BCUT2D eigenvalue weighted by Gasteiger charge is 2.19. The van der Waals surface area contributed by atoms with Gasteiger partial charge >= 0.3 is 5.84 Å². The van der Waals surface area contributed by atoms with Crippen LogP contribution in [0.3, 0.4) is 0 Å². The minimum absolute atomic E-state index is 0.274. The average molecular weight is 369 g/mol. The quantitative estimate of drug-likeness (QED) is 0.802. The fourth-order valence-corrected chi connectivity index (χ4v) is 4.21. The molecule has 4 nitrogen and oxygen atoms in total. The maximum atomic E-state index is 12.6. The SMILES string of the molecule is Cc1cc(C)c(S(=O)CN[N+]2=C(Br)C=CCC2=N)c(C)c1. The number of hydrogen-bond donors (Lipinski definition) is 2. The normalized spacial score (nSPS) is 16.3. The molecule has 0 aliphatic carbocycles. The van der Waals surface area contributed by atoms with Crippen LogP contribution in [0.15, 0.2) is 29.2 Å². The van der Waals surface area contributed by atoms with Gasteiger partial charge in [-0.25, -0.2) is 5.43 Å². The molecule has 1 heterocycles. The Kier molecular flexibility index (Phi) is 5.11. The molecule has 0 saturated heterocycles. The van der Waals surface area contributed by atoms with Crippen LogP contribution in [0.2, 0.25) is 0 Å². The van der Waals surface area contributed by atoms with Gasteiger partial charge in [0, 0.05) is 4.90 Å². The zero-order valence-corrected chi connectivity index (χ0v) is 14.8. The van der Waals surface area contributed by atoms with E-state index in [9.17, 15) is 4.21 Å². The summed E-state index contributed by atoms with van der Waals surface area (Å²) in [6.07, 6.45) is 4.36. The Hall–Kier alpha value is -1.27. The minimum atomic E-state index is -1.15. The molecule has 21 heavy (non-hydrogen) atoms. The maximum Gasteiger partial charge on any atom is 0.317 e. The number of amidine groups is 1. The van der Waals surface area contributed by atoms with Crippen molar-refractivity contribution < 1.29 is 8.89 Å². The molecule has 0 radical (unpaired) electrons. The number of hydrazine groups is 1. The summed E-state index contributed by atoms with van der Waals surface area (Å²) in [5, 5.41) is 7.90. The van der Waals surface area contributed by atoms with Crippen LogP contribution in [0.5, 0.6) is 0 Å². The first kappa shape index (κ1) is 16.1. The van der Waals surface area contributed by atoms with Gasteiger partial charge in [0.05, 0.1) is 17.2 Å². The first-order valence-electron chi connectivity index (χ1n) is 6.66. The van der Waals surface area contributed by atoms with E-state index >= 15 is 0 Å². The van der Waals surface area contributed by atoms with Gasteiger partial charge in [0.1, 0.15) is 5.88 Å². The molecule has 1 aliphatic rings. The molecule has 0 aromatic heterocycles. The zero-order valence-electron chi connectivity index (χ0n) is 12.4. The van der Waals surface area contributed by atoms with Crippen molar-refractivity contribution in [3.63, 3.8) is 0 Å². The third kappa shape index (κ3) is 3.68. The Balaban J connectivity index is 2.17. The molecule has 6 heteroatoms. The van der Waals surface area contributed by atoms with E-state index in [4.69, 9.17) is 5.41 Å². The summed E-state index contributed by atoms with van der Waals surface area (Å²) in [5.74, 6) is 0.703. The van der Waals surface area contributed by atoms with Gasteiger partial charge in [0.2, 0.25) is 0 Å². The van der Waals surface area contributed by atoms with E-state index in [0.29, 0.717) is 12.3 Å². The second-order valence-corrected chi connectivity index (χ2v) is 7.29. The summed E-state index contributed by atoms with van der Waals surface area (Å²) in [7, 11) is -1.15. The lowest BCUT2D eigenvalue weighted by atomic mass is 10.1. The number of aryl methyl sites for hydroxylation is 3. The van der Waals surface area contributed by atoms with E-state index < -0.39 is 10.8 Å².